The van der Waals surface area contributed by atoms with Crippen LogP contribution in [-0.2, 0) is 22.8 Å². The number of pyridine rings is 1. The van der Waals surface area contributed by atoms with Gasteiger partial charge in [-0.05, 0) is 74.2 Å². The maximum atomic E-state index is 13.6. The number of nitrogens with zero attached hydrogens (tertiary/aromatic N) is 6. The van der Waals surface area contributed by atoms with Crippen LogP contribution in [0.1, 0.15) is 58.5 Å². The number of methoxy groups -OCH3 is 1. The second-order valence-corrected chi connectivity index (χ2v) is 12.0. The van der Waals surface area contributed by atoms with Crippen molar-refractivity contribution in [2.24, 2.45) is 0 Å². The van der Waals surface area contributed by atoms with Crippen LogP contribution in [0.15, 0.2) is 78.1 Å². The fourth-order valence-electron chi connectivity index (χ4n) is 5.24. The van der Waals surface area contributed by atoms with Crippen molar-refractivity contribution in [3.63, 3.8) is 0 Å². The largest absolute Gasteiger partial charge is 0.479 e. The Hall–Kier alpha value is -4.82. The molecule has 1 atom stereocenters. The van der Waals surface area contributed by atoms with E-state index in [0.717, 1.165) is 23.9 Å². The van der Waals surface area contributed by atoms with Crippen LogP contribution in [0.4, 0.5) is 13.2 Å². The molecule has 0 fully saturated rings. The summed E-state index contributed by atoms with van der Waals surface area (Å²) in [4.78, 5) is 13.3. The molecular weight excluding hydrogens is 621 g/mol. The molecule has 0 bridgehead atoms. The van der Waals surface area contributed by atoms with Gasteiger partial charge in [0.15, 0.2) is 5.82 Å². The highest BCUT2D eigenvalue weighted by Gasteiger charge is 2.37. The van der Waals surface area contributed by atoms with E-state index in [1.54, 1.807) is 61.5 Å². The highest BCUT2D eigenvalue weighted by molar-refractivity contribution is 7.85. The van der Waals surface area contributed by atoms with Crippen LogP contribution in [0.5, 0.6) is 5.88 Å². The number of ether oxygens (including phenoxy) is 1. The van der Waals surface area contributed by atoms with E-state index < -0.39 is 27.8 Å². The number of fused-ring (bicyclic) bond motifs is 1. The molecule has 240 valence electrons. The van der Waals surface area contributed by atoms with E-state index in [9.17, 15) is 21.6 Å². The number of hydrogen-bond acceptors (Lipinski definition) is 7. The van der Waals surface area contributed by atoms with Crippen molar-refractivity contribution >= 4 is 22.3 Å². The van der Waals surface area contributed by atoms with Crippen LogP contribution in [0.2, 0.25) is 0 Å². The van der Waals surface area contributed by atoms with Gasteiger partial charge >= 0.3 is 6.18 Å². The molecule has 0 saturated heterocycles. The first-order valence-electron chi connectivity index (χ1n) is 14.2. The van der Waals surface area contributed by atoms with Gasteiger partial charge in [-0.3, -0.25) is 4.55 Å². The molecule has 1 aliphatic heterocycles. The molecule has 0 saturated carbocycles. The maximum Gasteiger partial charge on any atom is 0.416 e. The SMILES string of the molecule is COc1nc(/C=C/c2nc3n(n2)CCC[C@@H]3c2ccccc2C(F)(F)F)ccc1-n1cnc(C)c1.Cc1ccccc1S(=O)(=O)O. The first-order chi connectivity index (χ1) is 21.8. The van der Waals surface area contributed by atoms with Gasteiger partial charge in [0.05, 0.1) is 35.3 Å². The number of halogens is 3. The number of benzene rings is 2. The minimum Gasteiger partial charge on any atom is -0.479 e. The van der Waals surface area contributed by atoms with Crippen LogP contribution in [0, 0.1) is 13.8 Å². The predicted molar refractivity (Wildman–Crippen MR) is 165 cm³/mol. The average molecular weight is 653 g/mol. The van der Waals surface area contributed by atoms with Crippen LogP contribution in [0.3, 0.4) is 0 Å². The molecule has 46 heavy (non-hydrogen) atoms. The van der Waals surface area contributed by atoms with Crippen molar-refractivity contribution in [1.82, 2.24) is 29.3 Å². The molecular formula is C32H31F3N6O4S. The normalized spacial score (nSPS) is 14.9. The Balaban J connectivity index is 0.000000322. The van der Waals surface area contributed by atoms with Gasteiger partial charge in [-0.1, -0.05) is 36.4 Å². The molecule has 0 radical (unpaired) electrons. The lowest BCUT2D eigenvalue weighted by atomic mass is 9.88. The molecule has 10 nitrogen and oxygen atoms in total. The van der Waals surface area contributed by atoms with Gasteiger partial charge in [0.2, 0.25) is 5.88 Å². The Bertz CT molecular complexity index is 1990. The first kappa shape index (κ1) is 32.6. The average Bonchev–Trinajstić information content (AvgIpc) is 3.65. The summed E-state index contributed by atoms with van der Waals surface area (Å²) < 4.78 is 79.7. The standard InChI is InChI=1S/C25H23F3N6O.C7H8O3S/c1-16-14-33(15-29-16)21-11-9-17(30-24(21)35-2)10-12-22-31-23-19(7-5-13-34(23)32-22)18-6-3-4-8-20(18)25(26,27)28;1-6-4-2-3-5-7(6)11(8,9)10/h3-4,6,8-12,14-15,19H,5,7,13H2,1-2H3;2-5H,1H3,(H,8,9,10)/b12-10+;/t19-;/m1./s1. The van der Waals surface area contributed by atoms with Gasteiger partial charge in [0, 0.05) is 18.7 Å². The summed E-state index contributed by atoms with van der Waals surface area (Å²) in [6, 6.07) is 15.7. The van der Waals surface area contributed by atoms with E-state index in [2.05, 4.69) is 20.1 Å². The van der Waals surface area contributed by atoms with Crippen LogP contribution >= 0.6 is 0 Å². The Morgan fingerprint density at radius 2 is 1.74 bits per heavy atom. The van der Waals surface area contributed by atoms with E-state index in [0.29, 0.717) is 41.8 Å². The fraction of sp³-hybridized carbons (Fsp3) is 0.250. The van der Waals surface area contributed by atoms with Gasteiger partial charge < -0.3 is 9.30 Å². The van der Waals surface area contributed by atoms with E-state index >= 15 is 0 Å². The minimum atomic E-state index is -4.42. The van der Waals surface area contributed by atoms with E-state index in [4.69, 9.17) is 9.29 Å². The summed E-state index contributed by atoms with van der Waals surface area (Å²) in [7, 11) is -2.48. The van der Waals surface area contributed by atoms with Gasteiger partial charge in [-0.15, -0.1) is 0 Å². The lowest BCUT2D eigenvalue weighted by Crippen LogP contribution is -2.21. The molecule has 4 heterocycles. The number of hydrogen-bond donors (Lipinski definition) is 1. The number of alkyl halides is 3. The topological polar surface area (TPSA) is 125 Å². The number of imidazole rings is 1. The third kappa shape index (κ3) is 7.35. The van der Waals surface area contributed by atoms with Crippen molar-refractivity contribution in [3.05, 3.63) is 113 Å². The van der Waals surface area contributed by atoms with Crippen molar-refractivity contribution in [1.29, 1.82) is 0 Å². The summed E-state index contributed by atoms with van der Waals surface area (Å²) in [5.74, 6) is 0.938. The Morgan fingerprint density at radius 1 is 1.00 bits per heavy atom. The smallest absolute Gasteiger partial charge is 0.416 e. The lowest BCUT2D eigenvalue weighted by molar-refractivity contribution is -0.138. The molecule has 2 aromatic carbocycles. The second-order valence-electron chi connectivity index (χ2n) is 10.6. The first-order valence-corrected chi connectivity index (χ1v) is 15.7. The van der Waals surface area contributed by atoms with Gasteiger partial charge in [0.25, 0.3) is 10.1 Å². The lowest BCUT2D eigenvalue weighted by Gasteiger charge is -2.25. The van der Waals surface area contributed by atoms with Gasteiger partial charge in [-0.25, -0.2) is 19.6 Å². The molecule has 14 heteroatoms. The molecule has 1 aliphatic rings. The molecule has 3 aromatic heterocycles. The van der Waals surface area contributed by atoms with Gasteiger partial charge in [-0.2, -0.15) is 26.7 Å². The van der Waals surface area contributed by atoms with Gasteiger partial charge in [0.1, 0.15) is 11.5 Å². The van der Waals surface area contributed by atoms with Crippen molar-refractivity contribution in [2.75, 3.05) is 7.11 Å². The molecule has 1 N–H and O–H groups in total. The highest BCUT2D eigenvalue weighted by Crippen LogP contribution is 2.40. The summed E-state index contributed by atoms with van der Waals surface area (Å²) >= 11 is 0. The van der Waals surface area contributed by atoms with Crippen LogP contribution in [-0.4, -0.2) is 49.4 Å². The summed E-state index contributed by atoms with van der Waals surface area (Å²) in [6.07, 6.45) is 3.92. The quantitative estimate of drug-likeness (QED) is 0.205. The third-order valence-corrected chi connectivity index (χ3v) is 8.37. The number of rotatable bonds is 6. The molecule has 6 rings (SSSR count). The molecule has 0 amide bonds. The third-order valence-electron chi connectivity index (χ3n) is 7.35. The Labute approximate surface area is 264 Å². The summed E-state index contributed by atoms with van der Waals surface area (Å²) in [6.45, 7) is 4.15. The zero-order chi connectivity index (χ0) is 33.1. The Morgan fingerprint density at radius 3 is 2.39 bits per heavy atom. The monoisotopic (exact) mass is 652 g/mol. The number of aromatic nitrogens is 6. The summed E-state index contributed by atoms with van der Waals surface area (Å²) in [5, 5.41) is 4.51. The van der Waals surface area contributed by atoms with Crippen molar-refractivity contribution < 1.29 is 30.9 Å². The zero-order valence-corrected chi connectivity index (χ0v) is 26.0. The highest BCUT2D eigenvalue weighted by atomic mass is 32.2. The fourth-order valence-corrected chi connectivity index (χ4v) is 5.96. The molecule has 0 unspecified atom stereocenters. The number of aryl methyl sites for hydroxylation is 3. The van der Waals surface area contributed by atoms with E-state index in [1.165, 1.54) is 18.2 Å². The van der Waals surface area contributed by atoms with Crippen molar-refractivity contribution in [2.45, 2.75) is 50.2 Å². The minimum absolute atomic E-state index is 0.0278. The molecule has 0 spiro atoms. The summed E-state index contributed by atoms with van der Waals surface area (Å²) in [5.41, 5.74) is 2.43. The van der Waals surface area contributed by atoms with Crippen LogP contribution in [0.25, 0.3) is 17.8 Å². The zero-order valence-electron chi connectivity index (χ0n) is 25.2. The molecule has 0 aliphatic carbocycles. The maximum absolute atomic E-state index is 13.6. The van der Waals surface area contributed by atoms with Crippen molar-refractivity contribution in [3.8, 4) is 11.6 Å². The van der Waals surface area contributed by atoms with E-state index in [1.807, 2.05) is 29.8 Å². The van der Waals surface area contributed by atoms with Crippen LogP contribution < -0.4 is 4.74 Å². The van der Waals surface area contributed by atoms with E-state index in [-0.39, 0.29) is 10.5 Å². The molecule has 5 aromatic rings. The predicted octanol–water partition coefficient (Wildman–Crippen LogP) is 6.53. The second kappa shape index (κ2) is 13.3. The Kier molecular flexibility index (Phi) is 9.39.